The van der Waals surface area contributed by atoms with Gasteiger partial charge in [-0.3, -0.25) is 4.79 Å². The standard InChI is InChI=1S/C16H17FN2O.BrH/c17-14-8-2-3-9-15(14)18-16(20)10-4-7-13-19-11-5-1-6-12-19;/h1-3,5-6,8-9,11-12H,4,7,10,13H2;1H. The van der Waals surface area contributed by atoms with Gasteiger partial charge >= 0.3 is 0 Å². The molecule has 0 saturated carbocycles. The van der Waals surface area contributed by atoms with Gasteiger partial charge in [-0.1, -0.05) is 18.2 Å². The molecule has 0 aliphatic carbocycles. The number of para-hydroxylation sites is 1. The van der Waals surface area contributed by atoms with Gasteiger partial charge in [0.1, 0.15) is 12.4 Å². The van der Waals surface area contributed by atoms with Crippen molar-refractivity contribution in [3.63, 3.8) is 0 Å². The Kier molecular flexibility index (Phi) is 7.61. The summed E-state index contributed by atoms with van der Waals surface area (Å²) in [6, 6.07) is 12.1. The van der Waals surface area contributed by atoms with E-state index >= 15 is 0 Å². The van der Waals surface area contributed by atoms with Gasteiger partial charge in [0.15, 0.2) is 12.4 Å². The number of rotatable bonds is 6. The van der Waals surface area contributed by atoms with Gasteiger partial charge < -0.3 is 22.3 Å². The number of pyridine rings is 1. The number of unbranched alkanes of at least 4 members (excludes halogenated alkanes) is 1. The normalized spacial score (nSPS) is 9.76. The molecule has 2 aromatic rings. The van der Waals surface area contributed by atoms with Gasteiger partial charge in [-0.25, -0.2) is 8.96 Å². The van der Waals surface area contributed by atoms with Crippen LogP contribution in [0, 0.1) is 5.82 Å². The molecule has 0 spiro atoms. The van der Waals surface area contributed by atoms with Gasteiger partial charge in [-0.2, -0.15) is 0 Å². The van der Waals surface area contributed by atoms with Crippen LogP contribution >= 0.6 is 0 Å². The lowest BCUT2D eigenvalue weighted by Crippen LogP contribution is -3.00. The van der Waals surface area contributed by atoms with Crippen LogP contribution in [0.5, 0.6) is 0 Å². The van der Waals surface area contributed by atoms with Gasteiger partial charge in [0, 0.05) is 25.0 Å². The molecule has 3 nitrogen and oxygen atoms in total. The van der Waals surface area contributed by atoms with Crippen molar-refractivity contribution in [3.05, 3.63) is 60.7 Å². The Morgan fingerprint density at radius 1 is 1.05 bits per heavy atom. The summed E-state index contributed by atoms with van der Waals surface area (Å²) < 4.78 is 15.4. The van der Waals surface area contributed by atoms with Crippen LogP contribution in [-0.4, -0.2) is 5.91 Å². The third kappa shape index (κ3) is 6.04. The van der Waals surface area contributed by atoms with E-state index in [0.717, 1.165) is 19.4 Å². The Bertz CT molecular complexity index is 563. The fourth-order valence-electron chi connectivity index (χ4n) is 1.94. The van der Waals surface area contributed by atoms with Gasteiger partial charge in [0.2, 0.25) is 5.91 Å². The van der Waals surface area contributed by atoms with E-state index in [2.05, 4.69) is 9.88 Å². The SMILES string of the molecule is O=C(CCCC[n+]1ccccc1)Nc1ccccc1F.[Br-]. The first-order chi connectivity index (χ1) is 9.75. The van der Waals surface area contributed by atoms with E-state index in [1.54, 1.807) is 18.2 Å². The van der Waals surface area contributed by atoms with Crippen LogP contribution in [0.25, 0.3) is 0 Å². The lowest BCUT2D eigenvalue weighted by molar-refractivity contribution is -0.697. The largest absolute Gasteiger partial charge is 1.00 e. The van der Waals surface area contributed by atoms with Crippen LogP contribution in [-0.2, 0) is 11.3 Å². The molecule has 1 amide bonds. The molecule has 0 aliphatic heterocycles. The number of carbonyl (C=O) groups is 1. The minimum Gasteiger partial charge on any atom is -1.00 e. The molecular weight excluding hydrogens is 335 g/mol. The molecule has 1 heterocycles. The van der Waals surface area contributed by atoms with E-state index in [1.807, 2.05) is 30.6 Å². The minimum atomic E-state index is -0.402. The molecule has 0 aliphatic rings. The fourth-order valence-corrected chi connectivity index (χ4v) is 1.94. The van der Waals surface area contributed by atoms with Crippen LogP contribution in [0.1, 0.15) is 19.3 Å². The van der Waals surface area contributed by atoms with E-state index in [9.17, 15) is 9.18 Å². The maximum absolute atomic E-state index is 13.3. The Balaban J connectivity index is 0.00000220. The Hall–Kier alpha value is -1.75. The number of nitrogens with zero attached hydrogens (tertiary/aromatic N) is 1. The van der Waals surface area contributed by atoms with Crippen molar-refractivity contribution in [1.29, 1.82) is 0 Å². The van der Waals surface area contributed by atoms with Crippen LogP contribution < -0.4 is 26.9 Å². The molecule has 1 aromatic carbocycles. The van der Waals surface area contributed by atoms with E-state index in [-0.39, 0.29) is 28.6 Å². The molecule has 5 heteroatoms. The summed E-state index contributed by atoms with van der Waals surface area (Å²) in [5, 5.41) is 2.59. The van der Waals surface area contributed by atoms with Crippen molar-refractivity contribution in [2.45, 2.75) is 25.8 Å². The number of aryl methyl sites for hydroxylation is 1. The molecule has 0 unspecified atom stereocenters. The monoisotopic (exact) mass is 352 g/mol. The topological polar surface area (TPSA) is 33.0 Å². The minimum absolute atomic E-state index is 0. The van der Waals surface area contributed by atoms with Crippen molar-refractivity contribution in [2.75, 3.05) is 5.32 Å². The van der Waals surface area contributed by atoms with E-state index in [1.165, 1.54) is 6.07 Å². The number of halogens is 2. The predicted octanol–water partition coefficient (Wildman–Crippen LogP) is -0.0738. The van der Waals surface area contributed by atoms with Gasteiger partial charge in [-0.05, 0) is 18.6 Å². The number of aromatic nitrogens is 1. The molecule has 1 aromatic heterocycles. The number of nitrogens with one attached hydrogen (secondary N) is 1. The lowest BCUT2D eigenvalue weighted by Gasteiger charge is -2.05. The van der Waals surface area contributed by atoms with E-state index in [4.69, 9.17) is 0 Å². The maximum atomic E-state index is 13.3. The zero-order chi connectivity index (χ0) is 14.2. The summed E-state index contributed by atoms with van der Waals surface area (Å²) in [7, 11) is 0. The van der Waals surface area contributed by atoms with Crippen molar-refractivity contribution in [1.82, 2.24) is 0 Å². The number of hydrogen-bond donors (Lipinski definition) is 1. The number of benzene rings is 1. The number of amides is 1. The smallest absolute Gasteiger partial charge is 0.224 e. The lowest BCUT2D eigenvalue weighted by atomic mass is 10.2. The molecule has 1 N–H and O–H groups in total. The van der Waals surface area contributed by atoms with Gasteiger partial charge in [-0.15, -0.1) is 0 Å². The number of anilines is 1. The van der Waals surface area contributed by atoms with Crippen molar-refractivity contribution >= 4 is 11.6 Å². The van der Waals surface area contributed by atoms with Crippen LogP contribution in [0.4, 0.5) is 10.1 Å². The highest BCUT2D eigenvalue weighted by Crippen LogP contribution is 2.12. The fraction of sp³-hybridized carbons (Fsp3) is 0.250. The third-order valence-electron chi connectivity index (χ3n) is 3.00. The molecule has 112 valence electrons. The van der Waals surface area contributed by atoms with Gasteiger partial charge in [0.05, 0.1) is 5.69 Å². The van der Waals surface area contributed by atoms with Gasteiger partial charge in [0.25, 0.3) is 0 Å². The first kappa shape index (κ1) is 17.3. The molecule has 0 atom stereocenters. The molecule has 21 heavy (non-hydrogen) atoms. The average molecular weight is 353 g/mol. The first-order valence-electron chi connectivity index (χ1n) is 6.74. The van der Waals surface area contributed by atoms with Crippen molar-refractivity contribution in [2.24, 2.45) is 0 Å². The zero-order valence-electron chi connectivity index (χ0n) is 11.6. The second kappa shape index (κ2) is 9.23. The van der Waals surface area contributed by atoms with E-state index in [0.29, 0.717) is 6.42 Å². The average Bonchev–Trinajstić information content (AvgIpc) is 2.47. The summed E-state index contributed by atoms with van der Waals surface area (Å²) in [6.07, 6.45) is 6.10. The van der Waals surface area contributed by atoms with Crippen LogP contribution in [0.15, 0.2) is 54.9 Å². The predicted molar refractivity (Wildman–Crippen MR) is 75.5 cm³/mol. The van der Waals surface area contributed by atoms with E-state index < -0.39 is 5.82 Å². The van der Waals surface area contributed by atoms with Crippen molar-refractivity contribution < 1.29 is 30.7 Å². The highest BCUT2D eigenvalue weighted by molar-refractivity contribution is 5.90. The Labute approximate surface area is 134 Å². The number of hydrogen-bond acceptors (Lipinski definition) is 1. The Morgan fingerprint density at radius 3 is 2.48 bits per heavy atom. The molecule has 0 radical (unpaired) electrons. The third-order valence-corrected chi connectivity index (χ3v) is 3.00. The summed E-state index contributed by atoms with van der Waals surface area (Å²) >= 11 is 0. The summed E-state index contributed by atoms with van der Waals surface area (Å²) in [4.78, 5) is 11.7. The van der Waals surface area contributed by atoms with Crippen LogP contribution in [0.2, 0.25) is 0 Å². The highest BCUT2D eigenvalue weighted by atomic mass is 79.9. The second-order valence-electron chi connectivity index (χ2n) is 4.60. The summed E-state index contributed by atoms with van der Waals surface area (Å²) in [6.45, 7) is 0.883. The molecule has 0 bridgehead atoms. The molecule has 0 fully saturated rings. The highest BCUT2D eigenvalue weighted by Gasteiger charge is 2.06. The molecular formula is C16H18BrFN2O. The van der Waals surface area contributed by atoms with Crippen LogP contribution in [0.3, 0.4) is 0 Å². The summed E-state index contributed by atoms with van der Waals surface area (Å²) in [5.74, 6) is -0.547. The molecule has 0 saturated heterocycles. The quantitative estimate of drug-likeness (QED) is 0.572. The zero-order valence-corrected chi connectivity index (χ0v) is 13.2. The first-order valence-corrected chi connectivity index (χ1v) is 6.74. The number of carbonyl (C=O) groups excluding carboxylic acids is 1. The summed E-state index contributed by atoms with van der Waals surface area (Å²) in [5.41, 5.74) is 0.245. The molecule has 2 rings (SSSR count). The maximum Gasteiger partial charge on any atom is 0.224 e. The Morgan fingerprint density at radius 2 is 1.76 bits per heavy atom. The van der Waals surface area contributed by atoms with Crippen molar-refractivity contribution in [3.8, 4) is 0 Å². The second-order valence-corrected chi connectivity index (χ2v) is 4.60.